The molecule has 1 aliphatic heterocycles. The van der Waals surface area contributed by atoms with E-state index in [1.165, 1.54) is 6.07 Å². The largest absolute Gasteiger partial charge is 0.507 e. The molecule has 2 aromatic rings. The van der Waals surface area contributed by atoms with Gasteiger partial charge in [-0.1, -0.05) is 0 Å². The van der Waals surface area contributed by atoms with Gasteiger partial charge in [0.25, 0.3) is 0 Å². The molecule has 0 bridgehead atoms. The summed E-state index contributed by atoms with van der Waals surface area (Å²) in [6.07, 6.45) is 0. The van der Waals surface area contributed by atoms with Gasteiger partial charge in [0.2, 0.25) is 0 Å². The fourth-order valence-electron chi connectivity index (χ4n) is 1.99. The number of carboxylic acid groups (broad SMARTS) is 1. The van der Waals surface area contributed by atoms with Gasteiger partial charge in [0, 0.05) is 5.56 Å². The number of hydrogen-bond donors (Lipinski definition) is 3. The zero-order valence-corrected chi connectivity index (χ0v) is 9.30. The van der Waals surface area contributed by atoms with Crippen LogP contribution in [0.3, 0.4) is 0 Å². The summed E-state index contributed by atoms with van der Waals surface area (Å²) in [5.41, 5.74) is 2.83. The maximum absolute atomic E-state index is 10.8. The van der Waals surface area contributed by atoms with Crippen LogP contribution in [-0.2, 0) is 18.0 Å². The van der Waals surface area contributed by atoms with Crippen LogP contribution in [0, 0.1) is 0 Å². The fourth-order valence-corrected chi connectivity index (χ4v) is 1.99. The molecular formula is C12H10N2O4. The number of hydrogen-bond acceptors (Lipinski definition) is 4. The molecule has 92 valence electrons. The van der Waals surface area contributed by atoms with Crippen LogP contribution in [0.4, 0.5) is 0 Å². The van der Waals surface area contributed by atoms with Crippen molar-refractivity contribution in [1.82, 2.24) is 10.2 Å². The van der Waals surface area contributed by atoms with Crippen molar-refractivity contribution in [3.63, 3.8) is 0 Å². The molecule has 6 nitrogen and oxygen atoms in total. The van der Waals surface area contributed by atoms with Crippen LogP contribution >= 0.6 is 0 Å². The number of ether oxygens (including phenoxy) is 1. The predicted molar refractivity (Wildman–Crippen MR) is 61.1 cm³/mol. The first-order valence-electron chi connectivity index (χ1n) is 5.37. The second-order valence-corrected chi connectivity index (χ2v) is 4.10. The third kappa shape index (κ3) is 1.63. The van der Waals surface area contributed by atoms with Crippen molar-refractivity contribution >= 4 is 5.97 Å². The van der Waals surface area contributed by atoms with Gasteiger partial charge in [-0.05, 0) is 29.3 Å². The number of carbonyl (C=O) groups is 1. The Bertz CT molecular complexity index is 633. The maximum Gasteiger partial charge on any atom is 0.353 e. The zero-order chi connectivity index (χ0) is 12.7. The molecule has 18 heavy (non-hydrogen) atoms. The van der Waals surface area contributed by atoms with Gasteiger partial charge in [-0.15, -0.1) is 0 Å². The number of aromatic nitrogens is 2. The number of benzene rings is 1. The number of carboxylic acids is 1. The Hall–Kier alpha value is -2.34. The van der Waals surface area contributed by atoms with E-state index in [0.29, 0.717) is 24.5 Å². The third-order valence-electron chi connectivity index (χ3n) is 2.92. The summed E-state index contributed by atoms with van der Waals surface area (Å²) in [7, 11) is 0. The summed E-state index contributed by atoms with van der Waals surface area (Å²) < 4.78 is 5.27. The topological polar surface area (TPSA) is 95.4 Å². The molecule has 0 spiro atoms. The minimum absolute atomic E-state index is 0.0128. The van der Waals surface area contributed by atoms with Gasteiger partial charge in [0.15, 0.2) is 0 Å². The summed E-state index contributed by atoms with van der Waals surface area (Å²) >= 11 is 0. The minimum Gasteiger partial charge on any atom is -0.507 e. The number of aromatic hydroxyl groups is 1. The lowest BCUT2D eigenvalue weighted by atomic mass is 10.0. The van der Waals surface area contributed by atoms with Gasteiger partial charge in [-0.2, -0.15) is 5.10 Å². The lowest BCUT2D eigenvalue weighted by Crippen LogP contribution is -1.95. The Balaban J connectivity index is 2.08. The Labute approximate surface area is 102 Å². The van der Waals surface area contributed by atoms with Crippen LogP contribution < -0.4 is 0 Å². The first kappa shape index (κ1) is 10.8. The van der Waals surface area contributed by atoms with Crippen molar-refractivity contribution in [3.05, 3.63) is 35.0 Å². The number of phenols is 1. The first-order chi connectivity index (χ1) is 8.65. The van der Waals surface area contributed by atoms with Crippen LogP contribution in [-0.4, -0.2) is 26.4 Å². The lowest BCUT2D eigenvalue weighted by Gasteiger charge is -2.04. The molecule has 0 saturated carbocycles. The van der Waals surface area contributed by atoms with Crippen LogP contribution in [0.25, 0.3) is 11.3 Å². The normalized spacial score (nSPS) is 13.6. The molecule has 1 aliphatic rings. The van der Waals surface area contributed by atoms with Crippen molar-refractivity contribution in [3.8, 4) is 17.0 Å². The van der Waals surface area contributed by atoms with Gasteiger partial charge >= 0.3 is 5.97 Å². The second kappa shape index (κ2) is 3.85. The highest BCUT2D eigenvalue weighted by atomic mass is 16.5. The molecule has 1 aromatic carbocycles. The molecule has 0 aliphatic carbocycles. The van der Waals surface area contributed by atoms with E-state index in [0.717, 1.165) is 11.1 Å². The van der Waals surface area contributed by atoms with Gasteiger partial charge < -0.3 is 14.9 Å². The van der Waals surface area contributed by atoms with Crippen LogP contribution in [0.15, 0.2) is 18.2 Å². The molecule has 0 radical (unpaired) electrons. The summed E-state index contributed by atoms with van der Waals surface area (Å²) in [6, 6.07) is 4.80. The molecule has 0 saturated heterocycles. The van der Waals surface area contributed by atoms with Crippen molar-refractivity contribution in [1.29, 1.82) is 0 Å². The zero-order valence-electron chi connectivity index (χ0n) is 9.30. The molecular weight excluding hydrogens is 236 g/mol. The SMILES string of the molecule is O=C(O)c1cc(-c2cc3c(cc2O)COC3)n[nH]1. The highest BCUT2D eigenvalue weighted by Gasteiger charge is 2.18. The van der Waals surface area contributed by atoms with E-state index < -0.39 is 5.97 Å². The van der Waals surface area contributed by atoms with Crippen LogP contribution in [0.1, 0.15) is 21.6 Å². The maximum atomic E-state index is 10.8. The van der Waals surface area contributed by atoms with E-state index in [4.69, 9.17) is 9.84 Å². The number of phenolic OH excluding ortho intramolecular Hbond substituents is 1. The Morgan fingerprint density at radius 3 is 2.67 bits per heavy atom. The molecule has 3 N–H and O–H groups in total. The minimum atomic E-state index is -1.09. The first-order valence-corrected chi connectivity index (χ1v) is 5.37. The average Bonchev–Trinajstić information content (AvgIpc) is 2.94. The van der Waals surface area contributed by atoms with Gasteiger partial charge in [0.05, 0.1) is 18.9 Å². The molecule has 0 atom stereocenters. The van der Waals surface area contributed by atoms with E-state index in [-0.39, 0.29) is 11.4 Å². The average molecular weight is 246 g/mol. The third-order valence-corrected chi connectivity index (χ3v) is 2.92. The number of H-pyrrole nitrogens is 1. The molecule has 0 amide bonds. The van der Waals surface area contributed by atoms with E-state index in [1.54, 1.807) is 12.1 Å². The van der Waals surface area contributed by atoms with Crippen LogP contribution in [0.2, 0.25) is 0 Å². The Morgan fingerprint density at radius 1 is 1.28 bits per heavy atom. The van der Waals surface area contributed by atoms with E-state index in [9.17, 15) is 9.90 Å². The number of fused-ring (bicyclic) bond motifs is 1. The van der Waals surface area contributed by atoms with Crippen LogP contribution in [0.5, 0.6) is 5.75 Å². The predicted octanol–water partition coefficient (Wildman–Crippen LogP) is 1.51. The molecule has 6 heteroatoms. The quantitative estimate of drug-likeness (QED) is 0.746. The monoisotopic (exact) mass is 246 g/mol. The van der Waals surface area contributed by atoms with Gasteiger partial charge in [-0.3, -0.25) is 5.10 Å². The summed E-state index contributed by atoms with van der Waals surface area (Å²) in [4.78, 5) is 10.8. The smallest absolute Gasteiger partial charge is 0.353 e. The lowest BCUT2D eigenvalue weighted by molar-refractivity contribution is 0.0690. The van der Waals surface area contributed by atoms with Crippen molar-refractivity contribution < 1.29 is 19.7 Å². The Morgan fingerprint density at radius 2 is 2.00 bits per heavy atom. The van der Waals surface area contributed by atoms with Crippen molar-refractivity contribution in [2.24, 2.45) is 0 Å². The molecule has 2 heterocycles. The Kier molecular flexibility index (Phi) is 2.31. The highest BCUT2D eigenvalue weighted by molar-refractivity contribution is 5.87. The van der Waals surface area contributed by atoms with Gasteiger partial charge in [0.1, 0.15) is 11.4 Å². The number of nitrogens with zero attached hydrogens (tertiary/aromatic N) is 1. The van der Waals surface area contributed by atoms with Crippen molar-refractivity contribution in [2.45, 2.75) is 13.2 Å². The molecule has 0 fully saturated rings. The number of aromatic carboxylic acids is 1. The summed E-state index contributed by atoms with van der Waals surface area (Å²) in [5, 5.41) is 25.0. The summed E-state index contributed by atoms with van der Waals surface area (Å²) in [6.45, 7) is 0.989. The van der Waals surface area contributed by atoms with E-state index in [1.807, 2.05) is 0 Å². The molecule has 1 aromatic heterocycles. The van der Waals surface area contributed by atoms with E-state index >= 15 is 0 Å². The van der Waals surface area contributed by atoms with Crippen molar-refractivity contribution in [2.75, 3.05) is 0 Å². The van der Waals surface area contributed by atoms with Gasteiger partial charge in [-0.25, -0.2) is 4.79 Å². The standard InChI is InChI=1S/C12H10N2O4/c15-11-2-7-5-18-4-6(7)1-8(11)9-3-10(12(16)17)14-13-9/h1-3,15H,4-5H2,(H,13,14)(H,16,17). The number of aromatic amines is 1. The second-order valence-electron chi connectivity index (χ2n) is 4.10. The fraction of sp³-hybridized carbons (Fsp3) is 0.167. The molecule has 3 rings (SSSR count). The molecule has 0 unspecified atom stereocenters. The number of nitrogens with one attached hydrogen (secondary N) is 1. The summed E-state index contributed by atoms with van der Waals surface area (Å²) in [5.74, 6) is -1.01. The number of rotatable bonds is 2. The van der Waals surface area contributed by atoms with E-state index in [2.05, 4.69) is 10.2 Å². The highest BCUT2D eigenvalue weighted by Crippen LogP contribution is 2.34.